The first-order valence-electron chi connectivity index (χ1n) is 5.62. The summed E-state index contributed by atoms with van der Waals surface area (Å²) in [6, 6.07) is 10.1. The molecular weight excluding hydrogens is 232 g/mol. The van der Waals surface area contributed by atoms with Gasteiger partial charge < -0.3 is 9.67 Å². The Morgan fingerprint density at radius 3 is 2.71 bits per heavy atom. The molecule has 0 saturated heterocycles. The van der Waals surface area contributed by atoms with E-state index < -0.39 is 0 Å². The number of aromatic nitrogens is 2. The molecular formula is C13H16N2OS. The zero-order chi connectivity index (χ0) is 12.1. The van der Waals surface area contributed by atoms with E-state index in [4.69, 9.17) is 5.11 Å². The molecule has 4 heteroatoms. The average Bonchev–Trinajstić information content (AvgIpc) is 2.80. The largest absolute Gasteiger partial charge is 0.396 e. The van der Waals surface area contributed by atoms with Crippen LogP contribution >= 0.6 is 11.8 Å². The maximum absolute atomic E-state index is 8.87. The molecule has 0 saturated carbocycles. The summed E-state index contributed by atoms with van der Waals surface area (Å²) < 4.78 is 2.10. The molecule has 0 bridgehead atoms. The van der Waals surface area contributed by atoms with Crippen molar-refractivity contribution in [2.24, 2.45) is 0 Å². The Kier molecular flexibility index (Phi) is 4.23. The van der Waals surface area contributed by atoms with E-state index in [-0.39, 0.29) is 6.61 Å². The molecule has 1 heterocycles. The number of rotatable bonds is 5. The molecule has 0 aliphatic rings. The molecule has 1 N–H and O–H groups in total. The van der Waals surface area contributed by atoms with E-state index in [0.29, 0.717) is 0 Å². The van der Waals surface area contributed by atoms with Crippen molar-refractivity contribution in [3.63, 3.8) is 0 Å². The zero-order valence-electron chi connectivity index (χ0n) is 9.84. The van der Waals surface area contributed by atoms with Crippen LogP contribution in [0.2, 0.25) is 0 Å². The van der Waals surface area contributed by atoms with Gasteiger partial charge in [-0.3, -0.25) is 0 Å². The second kappa shape index (κ2) is 5.89. The number of aryl methyl sites for hydroxylation is 1. The smallest absolute Gasteiger partial charge is 0.168 e. The summed E-state index contributed by atoms with van der Waals surface area (Å²) in [5.74, 6) is 0. The summed E-state index contributed by atoms with van der Waals surface area (Å²) in [4.78, 5) is 4.60. The molecule has 1 aromatic carbocycles. The van der Waals surface area contributed by atoms with Crippen LogP contribution < -0.4 is 0 Å². The Hall–Kier alpha value is -1.26. The SMILES string of the molecule is CSc1nc(-c2ccccc2)cn1CCCO. The molecule has 90 valence electrons. The standard InChI is InChI=1S/C13H16N2OS/c1-17-13-14-12(10-15(13)8-5-9-16)11-6-3-2-4-7-11/h2-4,6-7,10,16H,5,8-9H2,1H3. The molecule has 0 fully saturated rings. The molecule has 1 aromatic heterocycles. The van der Waals surface area contributed by atoms with E-state index in [0.717, 1.165) is 29.4 Å². The fourth-order valence-electron chi connectivity index (χ4n) is 1.71. The predicted molar refractivity (Wildman–Crippen MR) is 71.1 cm³/mol. The van der Waals surface area contributed by atoms with Crippen LogP contribution in [0.15, 0.2) is 41.7 Å². The summed E-state index contributed by atoms with van der Waals surface area (Å²) in [5, 5.41) is 9.87. The van der Waals surface area contributed by atoms with Crippen molar-refractivity contribution in [2.45, 2.75) is 18.1 Å². The number of benzene rings is 1. The van der Waals surface area contributed by atoms with Crippen molar-refractivity contribution >= 4 is 11.8 Å². The van der Waals surface area contributed by atoms with E-state index >= 15 is 0 Å². The fraction of sp³-hybridized carbons (Fsp3) is 0.308. The number of thioether (sulfide) groups is 1. The minimum atomic E-state index is 0.215. The third-order valence-electron chi connectivity index (χ3n) is 2.55. The van der Waals surface area contributed by atoms with Gasteiger partial charge >= 0.3 is 0 Å². The normalized spacial score (nSPS) is 10.7. The lowest BCUT2D eigenvalue weighted by molar-refractivity contribution is 0.278. The number of hydrogen-bond donors (Lipinski definition) is 1. The molecule has 0 aliphatic heterocycles. The topological polar surface area (TPSA) is 38.0 Å². The van der Waals surface area contributed by atoms with Gasteiger partial charge in [0.05, 0.1) is 5.69 Å². The van der Waals surface area contributed by atoms with E-state index in [9.17, 15) is 0 Å². The molecule has 0 atom stereocenters. The highest BCUT2D eigenvalue weighted by molar-refractivity contribution is 7.98. The molecule has 0 spiro atoms. The molecule has 0 aliphatic carbocycles. The van der Waals surface area contributed by atoms with Crippen LogP contribution in [0.1, 0.15) is 6.42 Å². The summed E-state index contributed by atoms with van der Waals surface area (Å²) in [7, 11) is 0. The Balaban J connectivity index is 2.28. The van der Waals surface area contributed by atoms with Gasteiger partial charge in [-0.25, -0.2) is 4.98 Å². The maximum atomic E-state index is 8.87. The van der Waals surface area contributed by atoms with Crippen LogP contribution in [0.4, 0.5) is 0 Å². The van der Waals surface area contributed by atoms with Gasteiger partial charge in [0, 0.05) is 24.9 Å². The van der Waals surface area contributed by atoms with Crippen molar-refractivity contribution in [3.8, 4) is 11.3 Å². The van der Waals surface area contributed by atoms with Crippen LogP contribution in [0.5, 0.6) is 0 Å². The molecule has 3 nitrogen and oxygen atoms in total. The lowest BCUT2D eigenvalue weighted by atomic mass is 10.2. The van der Waals surface area contributed by atoms with Crippen molar-refractivity contribution in [2.75, 3.05) is 12.9 Å². The molecule has 0 amide bonds. The molecule has 0 unspecified atom stereocenters. The van der Waals surface area contributed by atoms with Crippen molar-refractivity contribution < 1.29 is 5.11 Å². The van der Waals surface area contributed by atoms with Crippen LogP contribution in [0.25, 0.3) is 11.3 Å². The van der Waals surface area contributed by atoms with Crippen LogP contribution in [-0.2, 0) is 6.54 Å². The first-order valence-corrected chi connectivity index (χ1v) is 6.85. The third-order valence-corrected chi connectivity index (χ3v) is 3.24. The zero-order valence-corrected chi connectivity index (χ0v) is 10.7. The predicted octanol–water partition coefficient (Wildman–Crippen LogP) is 2.65. The van der Waals surface area contributed by atoms with Crippen molar-refractivity contribution in [3.05, 3.63) is 36.5 Å². The Labute approximate surface area is 106 Å². The molecule has 2 aromatic rings. The number of nitrogens with zero attached hydrogens (tertiary/aromatic N) is 2. The Bertz CT molecular complexity index is 468. The van der Waals surface area contributed by atoms with Gasteiger partial charge in [0.1, 0.15) is 0 Å². The van der Waals surface area contributed by atoms with E-state index in [1.165, 1.54) is 0 Å². The highest BCUT2D eigenvalue weighted by atomic mass is 32.2. The average molecular weight is 248 g/mol. The third kappa shape index (κ3) is 2.90. The quantitative estimate of drug-likeness (QED) is 0.827. The van der Waals surface area contributed by atoms with Gasteiger partial charge in [0.2, 0.25) is 0 Å². The van der Waals surface area contributed by atoms with Crippen LogP contribution in [-0.4, -0.2) is 27.5 Å². The minimum absolute atomic E-state index is 0.215. The fourth-order valence-corrected chi connectivity index (χ4v) is 2.28. The van der Waals surface area contributed by atoms with E-state index in [1.807, 2.05) is 24.5 Å². The molecule has 2 rings (SSSR count). The Morgan fingerprint density at radius 2 is 2.06 bits per heavy atom. The van der Waals surface area contributed by atoms with Crippen LogP contribution in [0.3, 0.4) is 0 Å². The van der Waals surface area contributed by atoms with E-state index in [1.54, 1.807) is 11.8 Å². The van der Waals surface area contributed by atoms with Crippen LogP contribution in [0, 0.1) is 0 Å². The summed E-state index contributed by atoms with van der Waals surface area (Å²) in [6.07, 6.45) is 4.83. The Morgan fingerprint density at radius 1 is 1.29 bits per heavy atom. The first kappa shape index (κ1) is 12.2. The summed E-state index contributed by atoms with van der Waals surface area (Å²) in [6.45, 7) is 1.03. The minimum Gasteiger partial charge on any atom is -0.396 e. The summed E-state index contributed by atoms with van der Waals surface area (Å²) in [5.41, 5.74) is 2.12. The molecule has 0 radical (unpaired) electrons. The molecule has 17 heavy (non-hydrogen) atoms. The van der Waals surface area contributed by atoms with Crippen molar-refractivity contribution in [1.29, 1.82) is 0 Å². The maximum Gasteiger partial charge on any atom is 0.168 e. The first-order chi connectivity index (χ1) is 8.35. The van der Waals surface area contributed by atoms with Gasteiger partial charge in [-0.2, -0.15) is 0 Å². The van der Waals surface area contributed by atoms with Gasteiger partial charge in [-0.15, -0.1) is 0 Å². The highest BCUT2D eigenvalue weighted by Gasteiger charge is 2.07. The van der Waals surface area contributed by atoms with Gasteiger partial charge in [-0.1, -0.05) is 42.1 Å². The summed E-state index contributed by atoms with van der Waals surface area (Å²) >= 11 is 1.63. The van der Waals surface area contributed by atoms with Crippen molar-refractivity contribution in [1.82, 2.24) is 9.55 Å². The van der Waals surface area contributed by atoms with E-state index in [2.05, 4.69) is 27.9 Å². The number of aliphatic hydroxyl groups excluding tert-OH is 1. The van der Waals surface area contributed by atoms with Gasteiger partial charge in [0.15, 0.2) is 5.16 Å². The second-order valence-corrected chi connectivity index (χ2v) is 4.52. The number of aliphatic hydroxyl groups is 1. The lowest BCUT2D eigenvalue weighted by Gasteiger charge is -2.02. The number of imidazole rings is 1. The van der Waals surface area contributed by atoms with Gasteiger partial charge in [0.25, 0.3) is 0 Å². The monoisotopic (exact) mass is 248 g/mol. The van der Waals surface area contributed by atoms with Gasteiger partial charge in [-0.05, 0) is 12.7 Å². The lowest BCUT2D eigenvalue weighted by Crippen LogP contribution is -1.99. The number of hydrogen-bond acceptors (Lipinski definition) is 3. The highest BCUT2D eigenvalue weighted by Crippen LogP contribution is 2.22. The second-order valence-electron chi connectivity index (χ2n) is 3.75.